The van der Waals surface area contributed by atoms with Crippen LogP contribution in [-0.2, 0) is 4.79 Å². The molecular weight excluding hydrogens is 291 g/mol. The number of nitrogens with one attached hydrogen (secondary N) is 1. The van der Waals surface area contributed by atoms with Crippen molar-refractivity contribution in [2.45, 2.75) is 12.8 Å². The number of piperidine rings is 1. The van der Waals surface area contributed by atoms with Crippen LogP contribution in [0.15, 0.2) is 24.3 Å². The van der Waals surface area contributed by atoms with Crippen LogP contribution in [0.25, 0.3) is 0 Å². The molecule has 0 aliphatic carbocycles. The standard InChI is InChI=1S/C15H17FN2O4/c16-12-5-3-10(4-6-12)13(19)8-17-14(20)11-2-1-7-18(9-11)15(21)22/h3-6,11H,1-2,7-9H2,(H,17,20)(H,21,22). The van der Waals surface area contributed by atoms with Gasteiger partial charge in [0.05, 0.1) is 12.5 Å². The number of Topliss-reactive ketones (excluding diaryl/α,β-unsaturated/α-hetero) is 1. The van der Waals surface area contributed by atoms with Crippen molar-refractivity contribution < 1.29 is 23.9 Å². The van der Waals surface area contributed by atoms with E-state index in [9.17, 15) is 18.8 Å². The molecule has 7 heteroatoms. The molecule has 1 fully saturated rings. The average Bonchev–Trinajstić information content (AvgIpc) is 2.53. The van der Waals surface area contributed by atoms with Gasteiger partial charge in [0.2, 0.25) is 5.91 Å². The number of ketones is 1. The minimum atomic E-state index is -1.04. The van der Waals surface area contributed by atoms with Gasteiger partial charge in [0.25, 0.3) is 0 Å². The van der Waals surface area contributed by atoms with Crippen molar-refractivity contribution in [3.63, 3.8) is 0 Å². The topological polar surface area (TPSA) is 86.7 Å². The minimum Gasteiger partial charge on any atom is -0.465 e. The van der Waals surface area contributed by atoms with Crippen molar-refractivity contribution >= 4 is 17.8 Å². The van der Waals surface area contributed by atoms with E-state index in [1.54, 1.807) is 0 Å². The highest BCUT2D eigenvalue weighted by Gasteiger charge is 2.28. The van der Waals surface area contributed by atoms with Crippen LogP contribution in [0, 0.1) is 11.7 Å². The number of rotatable bonds is 4. The van der Waals surface area contributed by atoms with Crippen LogP contribution < -0.4 is 5.32 Å². The Kier molecular flexibility index (Phi) is 5.08. The highest BCUT2D eigenvalue weighted by atomic mass is 19.1. The predicted molar refractivity (Wildman–Crippen MR) is 76.1 cm³/mol. The Morgan fingerprint density at radius 2 is 1.95 bits per heavy atom. The molecule has 22 heavy (non-hydrogen) atoms. The first-order valence-electron chi connectivity index (χ1n) is 7.01. The summed E-state index contributed by atoms with van der Waals surface area (Å²) in [7, 11) is 0. The number of carbonyl (C=O) groups excluding carboxylic acids is 2. The molecule has 1 atom stereocenters. The van der Waals surface area contributed by atoms with Crippen LogP contribution in [0.3, 0.4) is 0 Å². The zero-order chi connectivity index (χ0) is 16.1. The summed E-state index contributed by atoms with van der Waals surface area (Å²) in [5.74, 6) is -1.52. The van der Waals surface area contributed by atoms with E-state index in [1.807, 2.05) is 0 Å². The Hall–Kier alpha value is -2.44. The summed E-state index contributed by atoms with van der Waals surface area (Å²) >= 11 is 0. The van der Waals surface area contributed by atoms with Gasteiger partial charge in [-0.2, -0.15) is 0 Å². The van der Waals surface area contributed by atoms with E-state index in [2.05, 4.69) is 5.32 Å². The normalized spacial score (nSPS) is 17.9. The van der Waals surface area contributed by atoms with Gasteiger partial charge in [0, 0.05) is 18.7 Å². The number of carboxylic acid groups (broad SMARTS) is 1. The molecule has 0 bridgehead atoms. The molecule has 1 saturated heterocycles. The Balaban J connectivity index is 1.85. The summed E-state index contributed by atoms with van der Waals surface area (Å²) in [6.07, 6.45) is 0.177. The van der Waals surface area contributed by atoms with Gasteiger partial charge in [0.15, 0.2) is 5.78 Å². The SMILES string of the molecule is O=C(CNC(=O)C1CCCN(C(=O)O)C1)c1ccc(F)cc1. The van der Waals surface area contributed by atoms with Crippen molar-refractivity contribution in [1.29, 1.82) is 0 Å². The fourth-order valence-corrected chi connectivity index (χ4v) is 2.41. The van der Waals surface area contributed by atoms with Gasteiger partial charge in [-0.25, -0.2) is 9.18 Å². The van der Waals surface area contributed by atoms with Crippen LogP contribution in [0.2, 0.25) is 0 Å². The van der Waals surface area contributed by atoms with Gasteiger partial charge in [-0.3, -0.25) is 9.59 Å². The molecule has 0 saturated carbocycles. The molecule has 2 rings (SSSR count). The van der Waals surface area contributed by atoms with Crippen LogP contribution in [0.1, 0.15) is 23.2 Å². The predicted octanol–water partition coefficient (Wildman–Crippen LogP) is 1.51. The van der Waals surface area contributed by atoms with Crippen molar-refractivity contribution in [3.05, 3.63) is 35.6 Å². The summed E-state index contributed by atoms with van der Waals surface area (Å²) in [6.45, 7) is 0.383. The number of likely N-dealkylation sites (tertiary alicyclic amines) is 1. The molecule has 2 amide bonds. The van der Waals surface area contributed by atoms with Crippen LogP contribution in [-0.4, -0.2) is 47.4 Å². The highest BCUT2D eigenvalue weighted by Crippen LogP contribution is 2.16. The maximum atomic E-state index is 12.8. The second-order valence-corrected chi connectivity index (χ2v) is 5.22. The molecule has 1 aromatic carbocycles. The lowest BCUT2D eigenvalue weighted by Gasteiger charge is -2.29. The molecule has 6 nitrogen and oxygen atoms in total. The lowest BCUT2D eigenvalue weighted by atomic mass is 9.97. The van der Waals surface area contributed by atoms with Crippen molar-refractivity contribution in [2.24, 2.45) is 5.92 Å². The van der Waals surface area contributed by atoms with E-state index in [4.69, 9.17) is 5.11 Å². The molecule has 1 heterocycles. The number of hydrogen-bond acceptors (Lipinski definition) is 3. The summed E-state index contributed by atoms with van der Waals surface area (Å²) < 4.78 is 12.8. The molecule has 0 aromatic heterocycles. The summed E-state index contributed by atoms with van der Waals surface area (Å²) in [5, 5.41) is 11.5. The van der Waals surface area contributed by atoms with Gasteiger partial charge >= 0.3 is 6.09 Å². The third-order valence-corrected chi connectivity index (χ3v) is 3.65. The maximum absolute atomic E-state index is 12.8. The smallest absolute Gasteiger partial charge is 0.407 e. The fraction of sp³-hybridized carbons (Fsp3) is 0.400. The number of carbonyl (C=O) groups is 3. The van der Waals surface area contributed by atoms with Gasteiger partial charge < -0.3 is 15.3 Å². The van der Waals surface area contributed by atoms with Crippen molar-refractivity contribution in [2.75, 3.05) is 19.6 Å². The van der Waals surface area contributed by atoms with E-state index >= 15 is 0 Å². The second-order valence-electron chi connectivity index (χ2n) is 5.22. The zero-order valence-corrected chi connectivity index (χ0v) is 11.9. The molecule has 1 aliphatic heterocycles. The Morgan fingerprint density at radius 3 is 2.59 bits per heavy atom. The van der Waals surface area contributed by atoms with Gasteiger partial charge in [-0.1, -0.05) is 0 Å². The first-order valence-corrected chi connectivity index (χ1v) is 7.01. The number of nitrogens with zero attached hydrogens (tertiary/aromatic N) is 1. The zero-order valence-electron chi connectivity index (χ0n) is 11.9. The number of benzene rings is 1. The average molecular weight is 308 g/mol. The first-order chi connectivity index (χ1) is 10.5. The molecular formula is C15H17FN2O4. The van der Waals surface area contributed by atoms with Crippen LogP contribution in [0.5, 0.6) is 0 Å². The lowest BCUT2D eigenvalue weighted by Crippen LogP contribution is -2.45. The maximum Gasteiger partial charge on any atom is 0.407 e. The number of halogens is 1. The number of amides is 2. The third kappa shape index (κ3) is 4.03. The van der Waals surface area contributed by atoms with E-state index in [0.29, 0.717) is 24.9 Å². The van der Waals surface area contributed by atoms with Crippen molar-refractivity contribution in [1.82, 2.24) is 10.2 Å². The Labute approximate surface area is 126 Å². The van der Waals surface area contributed by atoms with E-state index in [1.165, 1.54) is 29.2 Å². The van der Waals surface area contributed by atoms with Crippen LogP contribution in [0.4, 0.5) is 9.18 Å². The van der Waals surface area contributed by atoms with E-state index in [0.717, 1.165) is 0 Å². The third-order valence-electron chi connectivity index (χ3n) is 3.65. The van der Waals surface area contributed by atoms with E-state index < -0.39 is 17.8 Å². The monoisotopic (exact) mass is 308 g/mol. The largest absolute Gasteiger partial charge is 0.465 e. The number of hydrogen-bond donors (Lipinski definition) is 2. The second kappa shape index (κ2) is 7.02. The molecule has 0 spiro atoms. The lowest BCUT2D eigenvalue weighted by molar-refractivity contribution is -0.126. The molecule has 1 aliphatic rings. The van der Waals surface area contributed by atoms with E-state index in [-0.39, 0.29) is 24.8 Å². The van der Waals surface area contributed by atoms with Crippen molar-refractivity contribution in [3.8, 4) is 0 Å². The molecule has 118 valence electrons. The summed E-state index contributed by atoms with van der Waals surface area (Å²) in [6, 6.07) is 5.08. The van der Waals surface area contributed by atoms with Gasteiger partial charge in [-0.05, 0) is 37.1 Å². The van der Waals surface area contributed by atoms with Gasteiger partial charge in [-0.15, -0.1) is 0 Å². The Morgan fingerprint density at radius 1 is 1.27 bits per heavy atom. The molecule has 1 aromatic rings. The molecule has 2 N–H and O–H groups in total. The fourth-order valence-electron chi connectivity index (χ4n) is 2.41. The van der Waals surface area contributed by atoms with Crippen LogP contribution >= 0.6 is 0 Å². The summed E-state index contributed by atoms with van der Waals surface area (Å²) in [4.78, 5) is 36.0. The highest BCUT2D eigenvalue weighted by molar-refractivity contribution is 5.99. The minimum absolute atomic E-state index is 0.145. The Bertz CT molecular complexity index is 573. The first kappa shape index (κ1) is 15.9. The quantitative estimate of drug-likeness (QED) is 0.826. The van der Waals surface area contributed by atoms with Gasteiger partial charge in [0.1, 0.15) is 5.82 Å². The molecule has 1 unspecified atom stereocenters. The summed E-state index contributed by atoms with van der Waals surface area (Å²) in [5.41, 5.74) is 0.317. The molecule has 0 radical (unpaired) electrons.